The van der Waals surface area contributed by atoms with E-state index >= 15 is 0 Å². The van der Waals surface area contributed by atoms with E-state index in [0.29, 0.717) is 59.9 Å². The average molecular weight is 492 g/mol. The summed E-state index contributed by atoms with van der Waals surface area (Å²) < 4.78 is 17.0. The van der Waals surface area contributed by atoms with Crippen molar-refractivity contribution in [1.82, 2.24) is 9.97 Å². The van der Waals surface area contributed by atoms with Crippen LogP contribution in [-0.4, -0.2) is 43.4 Å². The van der Waals surface area contributed by atoms with Gasteiger partial charge in [-0.2, -0.15) is 10.5 Å². The van der Waals surface area contributed by atoms with Crippen LogP contribution in [0, 0.1) is 22.7 Å². The molecule has 37 heavy (non-hydrogen) atoms. The standard InChI is InChI=1S/C29H25N5O3/c1-35-27-15-20(5-8-26(27)37-19-22-4-2-3-21(13-22)16-30)14-23-6-7-25-29(24(23)17-31)33-28(18-32-25)34-9-11-36-12-10-34/h2-8,13,15,18H,9-12,14,19H2,1H3. The highest BCUT2D eigenvalue weighted by molar-refractivity contribution is 5.83. The number of anilines is 1. The fourth-order valence-corrected chi connectivity index (χ4v) is 4.38. The smallest absolute Gasteiger partial charge is 0.161 e. The molecule has 1 saturated heterocycles. The number of hydrogen-bond donors (Lipinski definition) is 0. The Kier molecular flexibility index (Phi) is 7.12. The third kappa shape index (κ3) is 5.30. The largest absolute Gasteiger partial charge is 0.493 e. The predicted octanol–water partition coefficient (Wildman–Crippen LogP) is 4.39. The molecule has 0 N–H and O–H groups in total. The van der Waals surface area contributed by atoms with Crippen molar-refractivity contribution in [1.29, 1.82) is 10.5 Å². The second kappa shape index (κ2) is 10.9. The highest BCUT2D eigenvalue weighted by Crippen LogP contribution is 2.31. The molecule has 8 nitrogen and oxygen atoms in total. The molecule has 0 unspecified atom stereocenters. The molecule has 1 fully saturated rings. The molecule has 4 aromatic rings. The summed E-state index contributed by atoms with van der Waals surface area (Å²) in [6, 6.07) is 21.4. The van der Waals surface area contributed by atoms with Gasteiger partial charge in [0.05, 0.1) is 49.2 Å². The topological polar surface area (TPSA) is 104 Å². The monoisotopic (exact) mass is 491 g/mol. The van der Waals surface area contributed by atoms with Gasteiger partial charge in [0.25, 0.3) is 0 Å². The normalized spacial score (nSPS) is 13.1. The number of morpholine rings is 1. The number of methoxy groups -OCH3 is 1. The Morgan fingerprint density at radius 3 is 2.62 bits per heavy atom. The van der Waals surface area contributed by atoms with Crippen molar-refractivity contribution in [3.63, 3.8) is 0 Å². The molecular weight excluding hydrogens is 466 g/mol. The first-order chi connectivity index (χ1) is 18.2. The minimum atomic E-state index is 0.318. The number of nitrogens with zero attached hydrogens (tertiary/aromatic N) is 5. The van der Waals surface area contributed by atoms with Crippen LogP contribution in [0.25, 0.3) is 11.0 Å². The molecule has 0 aliphatic carbocycles. The quantitative estimate of drug-likeness (QED) is 0.375. The summed E-state index contributed by atoms with van der Waals surface area (Å²) in [5, 5.41) is 19.1. The van der Waals surface area contributed by atoms with E-state index in [2.05, 4.69) is 22.0 Å². The molecule has 1 aliphatic heterocycles. The molecule has 5 rings (SSSR count). The first-order valence-corrected chi connectivity index (χ1v) is 12.0. The molecule has 0 atom stereocenters. The van der Waals surface area contributed by atoms with Crippen molar-refractivity contribution in [3.05, 3.63) is 88.6 Å². The van der Waals surface area contributed by atoms with Crippen LogP contribution in [0.3, 0.4) is 0 Å². The van der Waals surface area contributed by atoms with Gasteiger partial charge in [-0.3, -0.25) is 4.98 Å². The highest BCUT2D eigenvalue weighted by atomic mass is 16.5. The number of nitriles is 2. The zero-order chi connectivity index (χ0) is 25.6. The van der Waals surface area contributed by atoms with E-state index in [1.165, 1.54) is 0 Å². The summed E-state index contributed by atoms with van der Waals surface area (Å²) in [6.45, 7) is 3.12. The second-order valence-electron chi connectivity index (χ2n) is 8.67. The summed E-state index contributed by atoms with van der Waals surface area (Å²) in [7, 11) is 1.60. The fourth-order valence-electron chi connectivity index (χ4n) is 4.38. The zero-order valence-electron chi connectivity index (χ0n) is 20.5. The maximum absolute atomic E-state index is 10.0. The van der Waals surface area contributed by atoms with Gasteiger partial charge in [0, 0.05) is 13.1 Å². The SMILES string of the molecule is COc1cc(Cc2ccc3ncc(N4CCOCC4)nc3c2C#N)ccc1OCc1cccc(C#N)c1. The Morgan fingerprint density at radius 1 is 0.973 bits per heavy atom. The van der Waals surface area contributed by atoms with Crippen LogP contribution < -0.4 is 14.4 Å². The summed E-state index contributed by atoms with van der Waals surface area (Å²) in [6.07, 6.45) is 2.29. The van der Waals surface area contributed by atoms with Crippen LogP contribution in [0.1, 0.15) is 27.8 Å². The molecule has 1 aromatic heterocycles. The van der Waals surface area contributed by atoms with Crippen molar-refractivity contribution in [2.75, 3.05) is 38.3 Å². The van der Waals surface area contributed by atoms with E-state index in [4.69, 9.17) is 24.5 Å². The number of ether oxygens (including phenoxy) is 3. The zero-order valence-corrected chi connectivity index (χ0v) is 20.5. The van der Waals surface area contributed by atoms with E-state index in [-0.39, 0.29) is 0 Å². The van der Waals surface area contributed by atoms with Crippen LogP contribution in [0.5, 0.6) is 11.5 Å². The van der Waals surface area contributed by atoms with Crippen molar-refractivity contribution < 1.29 is 14.2 Å². The lowest BCUT2D eigenvalue weighted by Gasteiger charge is -2.27. The van der Waals surface area contributed by atoms with Crippen LogP contribution in [0.15, 0.2) is 60.8 Å². The van der Waals surface area contributed by atoms with E-state index in [1.54, 1.807) is 25.4 Å². The first kappa shape index (κ1) is 24.1. The maximum Gasteiger partial charge on any atom is 0.161 e. The molecule has 0 radical (unpaired) electrons. The minimum Gasteiger partial charge on any atom is -0.493 e. The van der Waals surface area contributed by atoms with Crippen LogP contribution in [-0.2, 0) is 17.8 Å². The summed E-state index contributed by atoms with van der Waals surface area (Å²) in [4.78, 5) is 11.5. The van der Waals surface area contributed by atoms with Gasteiger partial charge in [-0.15, -0.1) is 0 Å². The Bertz CT molecular complexity index is 1520. The third-order valence-corrected chi connectivity index (χ3v) is 6.31. The lowest BCUT2D eigenvalue weighted by atomic mass is 9.98. The van der Waals surface area contributed by atoms with Gasteiger partial charge in [0.2, 0.25) is 0 Å². The molecule has 1 aliphatic rings. The summed E-state index contributed by atoms with van der Waals surface area (Å²) >= 11 is 0. The molecular formula is C29H25N5O3. The Labute approximate surface area is 215 Å². The number of aromatic nitrogens is 2. The van der Waals surface area contributed by atoms with Gasteiger partial charge in [-0.25, -0.2) is 4.98 Å². The van der Waals surface area contributed by atoms with Crippen LogP contribution in [0.2, 0.25) is 0 Å². The van der Waals surface area contributed by atoms with Crippen molar-refractivity contribution in [2.45, 2.75) is 13.0 Å². The van der Waals surface area contributed by atoms with Crippen molar-refractivity contribution >= 4 is 16.9 Å². The molecule has 3 aromatic carbocycles. The molecule has 0 spiro atoms. The van der Waals surface area contributed by atoms with Crippen LogP contribution >= 0.6 is 0 Å². The molecule has 2 heterocycles. The van der Waals surface area contributed by atoms with Crippen LogP contribution in [0.4, 0.5) is 5.82 Å². The maximum atomic E-state index is 10.0. The van der Waals surface area contributed by atoms with Gasteiger partial charge in [0.15, 0.2) is 11.5 Å². The Hall–Kier alpha value is -4.66. The number of hydrogen-bond acceptors (Lipinski definition) is 8. The first-order valence-electron chi connectivity index (χ1n) is 12.0. The van der Waals surface area contributed by atoms with Gasteiger partial charge in [0.1, 0.15) is 24.0 Å². The highest BCUT2D eigenvalue weighted by Gasteiger charge is 2.17. The van der Waals surface area contributed by atoms with E-state index in [0.717, 1.165) is 35.6 Å². The number of benzene rings is 3. The van der Waals surface area contributed by atoms with Gasteiger partial charge in [-0.05, 0) is 53.4 Å². The Balaban J connectivity index is 1.38. The lowest BCUT2D eigenvalue weighted by Crippen LogP contribution is -2.36. The summed E-state index contributed by atoms with van der Waals surface area (Å²) in [5.41, 5.74) is 5.16. The van der Waals surface area contributed by atoms with Gasteiger partial charge in [-0.1, -0.05) is 24.3 Å². The van der Waals surface area contributed by atoms with Crippen molar-refractivity contribution in [2.24, 2.45) is 0 Å². The summed E-state index contributed by atoms with van der Waals surface area (Å²) in [5.74, 6) is 1.96. The fraction of sp³-hybridized carbons (Fsp3) is 0.241. The molecule has 8 heteroatoms. The Morgan fingerprint density at radius 2 is 1.84 bits per heavy atom. The predicted molar refractivity (Wildman–Crippen MR) is 139 cm³/mol. The number of fused-ring (bicyclic) bond motifs is 1. The van der Waals surface area contributed by atoms with Crippen molar-refractivity contribution in [3.8, 4) is 23.6 Å². The third-order valence-electron chi connectivity index (χ3n) is 6.31. The van der Waals surface area contributed by atoms with E-state index < -0.39 is 0 Å². The van der Waals surface area contributed by atoms with Gasteiger partial charge < -0.3 is 19.1 Å². The second-order valence-corrected chi connectivity index (χ2v) is 8.67. The number of rotatable bonds is 7. The molecule has 0 amide bonds. The van der Waals surface area contributed by atoms with Gasteiger partial charge >= 0.3 is 0 Å². The molecule has 184 valence electrons. The molecule has 0 saturated carbocycles. The minimum absolute atomic E-state index is 0.318. The average Bonchev–Trinajstić information content (AvgIpc) is 2.96. The lowest BCUT2D eigenvalue weighted by molar-refractivity contribution is 0.122. The van der Waals surface area contributed by atoms with E-state index in [1.807, 2.05) is 42.5 Å². The molecule has 0 bridgehead atoms. The van der Waals surface area contributed by atoms with E-state index in [9.17, 15) is 5.26 Å².